The molecule has 1 N–H and O–H groups in total. The quantitative estimate of drug-likeness (QED) is 0.682. The number of thiazole rings is 1. The Morgan fingerprint density at radius 2 is 1.95 bits per heavy atom. The van der Waals surface area contributed by atoms with Crippen LogP contribution in [-0.2, 0) is 11.4 Å². The van der Waals surface area contributed by atoms with Crippen LogP contribution in [0.4, 0.5) is 5.82 Å². The van der Waals surface area contributed by atoms with Crippen molar-refractivity contribution < 1.29 is 4.55 Å². The predicted octanol–water partition coefficient (Wildman–Crippen LogP) is 4.91. The van der Waals surface area contributed by atoms with Crippen LogP contribution in [0.3, 0.4) is 0 Å². The number of halogens is 1. The zero-order chi connectivity index (χ0) is 15.5. The fourth-order valence-electron chi connectivity index (χ4n) is 1.92. The topological polar surface area (TPSA) is 48.0 Å². The third-order valence-corrected chi connectivity index (χ3v) is 5.46. The Kier molecular flexibility index (Phi) is 4.69. The lowest BCUT2D eigenvalue weighted by Gasteiger charge is -2.10. The number of aryl methyl sites for hydroxylation is 1. The summed E-state index contributed by atoms with van der Waals surface area (Å²) in [6, 6.07) is 15.2. The summed E-state index contributed by atoms with van der Waals surface area (Å²) < 4.78 is 15.3. The smallest absolute Gasteiger partial charge is 0.182 e. The van der Waals surface area contributed by atoms with Gasteiger partial charge in [-0.2, -0.15) is 4.72 Å². The van der Waals surface area contributed by atoms with Crippen LogP contribution < -0.4 is 4.72 Å². The van der Waals surface area contributed by atoms with Gasteiger partial charge in [0.2, 0.25) is 0 Å². The lowest BCUT2D eigenvalue weighted by atomic mass is 10.2. The van der Waals surface area contributed by atoms with Crippen LogP contribution in [0, 0.1) is 6.92 Å². The minimum Gasteiger partial charge on any atom is -0.588 e. The molecule has 22 heavy (non-hydrogen) atoms. The van der Waals surface area contributed by atoms with Crippen LogP contribution in [0.15, 0.2) is 58.8 Å². The molecule has 0 bridgehead atoms. The summed E-state index contributed by atoms with van der Waals surface area (Å²) in [7, 11) is 0. The van der Waals surface area contributed by atoms with Crippen LogP contribution in [0.1, 0.15) is 5.56 Å². The summed E-state index contributed by atoms with van der Waals surface area (Å²) >= 11 is 6.14. The number of nitrogens with zero attached hydrogens (tertiary/aromatic N) is 1. The Labute approximate surface area is 141 Å². The van der Waals surface area contributed by atoms with E-state index in [0.29, 0.717) is 15.7 Å². The number of hydrogen-bond donors (Lipinski definition) is 1. The van der Waals surface area contributed by atoms with E-state index in [9.17, 15) is 4.55 Å². The molecule has 0 aliphatic heterocycles. The summed E-state index contributed by atoms with van der Waals surface area (Å²) in [5.74, 6) is 0.606. The maximum atomic E-state index is 12.3. The SMILES string of the molecule is Cc1cc([S+]([O-])Nc2csc(-c3ccccc3)n2)ccc1Cl. The average molecular weight is 349 g/mol. The van der Waals surface area contributed by atoms with Gasteiger partial charge in [-0.1, -0.05) is 41.9 Å². The maximum Gasteiger partial charge on any atom is 0.182 e. The molecule has 0 aliphatic carbocycles. The third kappa shape index (κ3) is 3.44. The average Bonchev–Trinajstić information content (AvgIpc) is 2.99. The summed E-state index contributed by atoms with van der Waals surface area (Å²) in [6.45, 7) is 1.89. The Morgan fingerprint density at radius 3 is 2.68 bits per heavy atom. The molecule has 6 heteroatoms. The van der Waals surface area contributed by atoms with Crippen molar-refractivity contribution in [2.24, 2.45) is 0 Å². The predicted molar refractivity (Wildman–Crippen MR) is 93.8 cm³/mol. The lowest BCUT2D eigenvalue weighted by Crippen LogP contribution is -2.13. The van der Waals surface area contributed by atoms with E-state index in [2.05, 4.69) is 9.71 Å². The molecule has 3 rings (SSSR count). The highest BCUT2D eigenvalue weighted by molar-refractivity contribution is 7.92. The van der Waals surface area contributed by atoms with Gasteiger partial charge in [0, 0.05) is 22.0 Å². The molecule has 1 atom stereocenters. The maximum absolute atomic E-state index is 12.3. The highest BCUT2D eigenvalue weighted by Crippen LogP contribution is 2.27. The Balaban J connectivity index is 1.76. The van der Waals surface area contributed by atoms with E-state index in [1.807, 2.05) is 48.7 Å². The zero-order valence-electron chi connectivity index (χ0n) is 11.7. The van der Waals surface area contributed by atoms with Gasteiger partial charge in [0.25, 0.3) is 0 Å². The van der Waals surface area contributed by atoms with Crippen molar-refractivity contribution in [2.45, 2.75) is 11.8 Å². The minimum atomic E-state index is -1.36. The first-order valence-electron chi connectivity index (χ1n) is 6.59. The van der Waals surface area contributed by atoms with Gasteiger partial charge in [-0.15, -0.1) is 11.3 Å². The van der Waals surface area contributed by atoms with Crippen molar-refractivity contribution in [3.05, 3.63) is 64.5 Å². The van der Waals surface area contributed by atoms with Gasteiger partial charge >= 0.3 is 0 Å². The van der Waals surface area contributed by atoms with Gasteiger partial charge < -0.3 is 4.55 Å². The fourth-order valence-corrected chi connectivity index (χ4v) is 3.76. The summed E-state index contributed by atoms with van der Waals surface area (Å²) in [5, 5.41) is 3.43. The molecule has 3 aromatic rings. The van der Waals surface area contributed by atoms with Gasteiger partial charge in [-0.05, 0) is 24.6 Å². The van der Waals surface area contributed by atoms with E-state index >= 15 is 0 Å². The van der Waals surface area contributed by atoms with E-state index in [1.54, 1.807) is 12.1 Å². The second kappa shape index (κ2) is 6.71. The summed E-state index contributed by atoms with van der Waals surface area (Å²) in [4.78, 5) is 5.15. The lowest BCUT2D eigenvalue weighted by molar-refractivity contribution is 0.600. The molecule has 0 aliphatic rings. The Morgan fingerprint density at radius 1 is 1.18 bits per heavy atom. The molecule has 2 aromatic carbocycles. The van der Waals surface area contributed by atoms with Crippen molar-refractivity contribution in [1.29, 1.82) is 0 Å². The van der Waals surface area contributed by atoms with Crippen LogP contribution in [-0.4, -0.2) is 9.54 Å². The molecular weight excluding hydrogens is 336 g/mol. The van der Waals surface area contributed by atoms with Crippen LogP contribution in [0.25, 0.3) is 10.6 Å². The molecule has 3 nitrogen and oxygen atoms in total. The molecule has 112 valence electrons. The first kappa shape index (κ1) is 15.4. The Bertz CT molecular complexity index is 777. The molecule has 1 heterocycles. The minimum absolute atomic E-state index is 0.606. The molecule has 0 saturated heterocycles. The van der Waals surface area contributed by atoms with Crippen LogP contribution in [0.5, 0.6) is 0 Å². The van der Waals surface area contributed by atoms with Gasteiger partial charge in [-0.25, -0.2) is 4.98 Å². The van der Waals surface area contributed by atoms with Gasteiger partial charge in [0.1, 0.15) is 16.4 Å². The van der Waals surface area contributed by atoms with Crippen LogP contribution >= 0.6 is 22.9 Å². The van der Waals surface area contributed by atoms with Crippen LogP contribution in [0.2, 0.25) is 5.02 Å². The third-order valence-electron chi connectivity index (χ3n) is 3.07. The molecule has 0 amide bonds. The molecule has 0 fully saturated rings. The van der Waals surface area contributed by atoms with E-state index in [1.165, 1.54) is 11.3 Å². The normalized spacial score (nSPS) is 12.1. The van der Waals surface area contributed by atoms with Crippen molar-refractivity contribution in [2.75, 3.05) is 4.72 Å². The van der Waals surface area contributed by atoms with Crippen molar-refractivity contribution >= 4 is 40.1 Å². The van der Waals surface area contributed by atoms with Crippen molar-refractivity contribution in [1.82, 2.24) is 4.98 Å². The molecule has 1 aromatic heterocycles. The molecule has 1 unspecified atom stereocenters. The highest BCUT2D eigenvalue weighted by atomic mass is 35.5. The molecular formula is C16H13ClN2OS2. The molecule has 0 saturated carbocycles. The number of anilines is 1. The Hall–Kier alpha value is -1.53. The number of aromatic nitrogens is 1. The first-order valence-corrected chi connectivity index (χ1v) is 9.00. The van der Waals surface area contributed by atoms with E-state index in [4.69, 9.17) is 11.6 Å². The van der Waals surface area contributed by atoms with Gasteiger partial charge in [0.05, 0.1) is 0 Å². The van der Waals surface area contributed by atoms with Crippen molar-refractivity contribution in [3.8, 4) is 10.6 Å². The molecule has 0 radical (unpaired) electrons. The van der Waals surface area contributed by atoms with E-state index < -0.39 is 11.4 Å². The first-order chi connectivity index (χ1) is 10.6. The zero-order valence-corrected chi connectivity index (χ0v) is 14.1. The largest absolute Gasteiger partial charge is 0.588 e. The number of hydrogen-bond acceptors (Lipinski definition) is 4. The van der Waals surface area contributed by atoms with Gasteiger partial charge in [0.15, 0.2) is 10.7 Å². The molecule has 0 spiro atoms. The summed E-state index contributed by atoms with van der Waals surface area (Å²) in [5.41, 5.74) is 1.95. The number of nitrogens with one attached hydrogen (secondary N) is 1. The number of rotatable bonds is 4. The number of benzene rings is 2. The summed E-state index contributed by atoms with van der Waals surface area (Å²) in [6.07, 6.45) is 0. The standard InChI is InChI=1S/C16H13ClN2OS2/c1-11-9-13(7-8-14(11)17)22(20)19-15-10-21-16(18-15)12-5-3-2-4-6-12/h2-10,19H,1H3. The fraction of sp³-hybridized carbons (Fsp3) is 0.0625. The van der Waals surface area contributed by atoms with Gasteiger partial charge in [-0.3, -0.25) is 0 Å². The second-order valence-electron chi connectivity index (χ2n) is 4.69. The monoisotopic (exact) mass is 348 g/mol. The van der Waals surface area contributed by atoms with Crippen molar-refractivity contribution in [3.63, 3.8) is 0 Å². The highest BCUT2D eigenvalue weighted by Gasteiger charge is 2.15. The van der Waals surface area contributed by atoms with E-state index in [0.717, 1.165) is 16.1 Å². The van der Waals surface area contributed by atoms with E-state index in [-0.39, 0.29) is 0 Å². The second-order valence-corrected chi connectivity index (χ2v) is 7.16.